The van der Waals surface area contributed by atoms with Crippen LogP contribution in [0.25, 0.3) is 0 Å². The first-order valence-corrected chi connectivity index (χ1v) is 16.7. The summed E-state index contributed by atoms with van der Waals surface area (Å²) in [7, 11) is 0. The van der Waals surface area contributed by atoms with Gasteiger partial charge in [0.25, 0.3) is 25.3 Å². The van der Waals surface area contributed by atoms with Crippen LogP contribution in [-0.4, -0.2) is 60.2 Å². The van der Waals surface area contributed by atoms with Crippen LogP contribution in [0.5, 0.6) is 0 Å². The van der Waals surface area contributed by atoms with Crippen molar-refractivity contribution in [3.05, 3.63) is 132 Å². The number of nitrogens with one attached hydrogen (secondary N) is 4. The number of amides is 4. The van der Waals surface area contributed by atoms with Gasteiger partial charge >= 0.3 is 18.2 Å². The fourth-order valence-electron chi connectivity index (χ4n) is 4.70. The quantitative estimate of drug-likeness (QED) is 0.115. The molecule has 4 aromatic rings. The number of hydrogen-bond donors (Lipinski definition) is 5. The molecule has 0 aliphatic heterocycles. The Balaban J connectivity index is 0.000000361. The third kappa shape index (κ3) is 17.2. The van der Waals surface area contributed by atoms with Crippen LogP contribution in [0.15, 0.2) is 110 Å². The maximum Gasteiger partial charge on any atom is 0.412 e. The van der Waals surface area contributed by atoms with Crippen molar-refractivity contribution >= 4 is 42.4 Å². The number of nitrogens with zero attached hydrogens (tertiary/aromatic N) is 2. The Morgan fingerprint density at radius 1 is 0.623 bits per heavy atom. The van der Waals surface area contributed by atoms with Crippen LogP contribution in [0.1, 0.15) is 52.6 Å². The highest BCUT2D eigenvalue weighted by molar-refractivity contribution is 5.95. The fourth-order valence-corrected chi connectivity index (χ4v) is 4.70. The van der Waals surface area contributed by atoms with Gasteiger partial charge in [-0.2, -0.15) is 9.13 Å². The number of carbonyl (C=O) groups excluding carboxylic acids is 4. The number of aliphatic carboxylic acids is 1. The van der Waals surface area contributed by atoms with Crippen LogP contribution >= 0.6 is 12.4 Å². The molecule has 0 spiro atoms. The molecule has 0 saturated heterocycles. The molecule has 0 saturated carbocycles. The van der Waals surface area contributed by atoms with Crippen molar-refractivity contribution < 1.29 is 47.7 Å². The highest BCUT2D eigenvalue weighted by Crippen LogP contribution is 2.04. The van der Waals surface area contributed by atoms with E-state index in [4.69, 9.17) is 14.6 Å². The molecular formula is C38H47ClN6O8+2. The zero-order valence-corrected chi connectivity index (χ0v) is 30.7. The Morgan fingerprint density at radius 3 is 1.36 bits per heavy atom. The molecule has 0 radical (unpaired) electrons. The average molecular weight is 751 g/mol. The smallest absolute Gasteiger partial charge is 0.412 e. The molecule has 2 aromatic carbocycles. The minimum absolute atomic E-state index is 0. The van der Waals surface area contributed by atoms with Gasteiger partial charge < -0.3 is 35.8 Å². The van der Waals surface area contributed by atoms with Crippen molar-refractivity contribution in [3.63, 3.8) is 0 Å². The van der Waals surface area contributed by atoms with E-state index in [9.17, 15) is 24.0 Å². The van der Waals surface area contributed by atoms with Crippen LogP contribution < -0.4 is 30.4 Å². The first-order chi connectivity index (χ1) is 25.0. The maximum absolute atomic E-state index is 11.9. The van der Waals surface area contributed by atoms with Crippen molar-refractivity contribution in [1.82, 2.24) is 21.3 Å². The summed E-state index contributed by atoms with van der Waals surface area (Å²) in [6.07, 6.45) is 6.97. The van der Waals surface area contributed by atoms with E-state index in [1.165, 1.54) is 12.1 Å². The summed E-state index contributed by atoms with van der Waals surface area (Å²) in [5, 5.41) is 19.1. The van der Waals surface area contributed by atoms with E-state index in [-0.39, 0.29) is 43.9 Å². The third-order valence-electron chi connectivity index (χ3n) is 7.23. The van der Waals surface area contributed by atoms with Gasteiger partial charge in [-0.05, 0) is 44.7 Å². The van der Waals surface area contributed by atoms with E-state index >= 15 is 0 Å². The number of carboxylic acids is 1. The van der Waals surface area contributed by atoms with Crippen LogP contribution in [0, 0.1) is 0 Å². The van der Waals surface area contributed by atoms with Gasteiger partial charge in [-0.1, -0.05) is 60.7 Å². The van der Waals surface area contributed by atoms with Gasteiger partial charge in [-0.15, -0.1) is 12.4 Å². The van der Waals surface area contributed by atoms with E-state index in [1.54, 1.807) is 46.1 Å². The highest BCUT2D eigenvalue weighted by atomic mass is 35.5. The molecule has 2 aromatic heterocycles. The number of halogens is 1. The van der Waals surface area contributed by atoms with E-state index in [1.807, 2.05) is 81.4 Å². The fraction of sp³-hybridized carbons (Fsp3) is 0.289. The Labute approximate surface area is 314 Å². The Bertz CT molecular complexity index is 1730. The molecule has 5 N–H and O–H groups in total. The number of aromatic nitrogens is 2. The normalized spacial score (nSPS) is 11.2. The van der Waals surface area contributed by atoms with E-state index < -0.39 is 30.6 Å². The number of rotatable bonds is 15. The minimum Gasteiger partial charge on any atom is -0.480 e. The molecule has 2 heterocycles. The number of alkyl carbamates (subject to hydrolysis) is 2. The van der Waals surface area contributed by atoms with Crippen molar-refractivity contribution in [1.29, 1.82) is 0 Å². The zero-order valence-electron chi connectivity index (χ0n) is 29.9. The van der Waals surface area contributed by atoms with E-state index in [2.05, 4.69) is 21.3 Å². The molecule has 2 atom stereocenters. The summed E-state index contributed by atoms with van der Waals surface area (Å²) in [5.41, 5.74) is 3.16. The zero-order chi connectivity index (χ0) is 37.7. The third-order valence-corrected chi connectivity index (χ3v) is 7.23. The molecule has 0 fully saturated rings. The summed E-state index contributed by atoms with van der Waals surface area (Å²) in [6, 6.07) is 26.1. The highest BCUT2D eigenvalue weighted by Gasteiger charge is 2.14. The van der Waals surface area contributed by atoms with Crippen LogP contribution in [0.4, 0.5) is 9.59 Å². The second-order valence-electron chi connectivity index (χ2n) is 11.7. The molecule has 0 aliphatic rings. The first kappa shape index (κ1) is 43.1. The number of pyridine rings is 2. The summed E-state index contributed by atoms with van der Waals surface area (Å²) in [5.74, 6) is -1.73. The van der Waals surface area contributed by atoms with Gasteiger partial charge in [0.15, 0.2) is 24.8 Å². The molecule has 4 amide bonds. The van der Waals surface area contributed by atoms with Crippen LogP contribution in [0.2, 0.25) is 0 Å². The lowest BCUT2D eigenvalue weighted by atomic mass is 10.1. The Morgan fingerprint density at radius 2 is 1.00 bits per heavy atom. The van der Waals surface area contributed by atoms with Gasteiger partial charge in [-0.25, -0.2) is 9.59 Å². The topological polar surface area (TPSA) is 180 Å². The molecule has 15 heteroatoms. The number of ether oxygens (including phenoxy) is 2. The van der Waals surface area contributed by atoms with Crippen LogP contribution in [0.3, 0.4) is 0 Å². The average Bonchev–Trinajstić information content (AvgIpc) is 3.13. The van der Waals surface area contributed by atoms with Crippen LogP contribution in [-0.2, 0) is 40.6 Å². The predicted molar refractivity (Wildman–Crippen MR) is 197 cm³/mol. The summed E-state index contributed by atoms with van der Waals surface area (Å²) in [4.78, 5) is 57.6. The SMILES string of the molecule is CCNC(=O)c1cc[n+](COC(=O)N[C@@H](C)Cc2ccccc2)cc1.C[C@@H](Cc1ccccc1)NC(=O)OC[n+]1ccc(C(=O)NCC(=O)O)cc1.Cl. The number of carbonyl (C=O) groups is 5. The summed E-state index contributed by atoms with van der Waals surface area (Å²) < 4.78 is 13.6. The van der Waals surface area contributed by atoms with Crippen molar-refractivity contribution in [2.24, 2.45) is 0 Å². The van der Waals surface area contributed by atoms with Crippen molar-refractivity contribution in [2.75, 3.05) is 13.1 Å². The number of hydrogen-bond acceptors (Lipinski definition) is 7. The van der Waals surface area contributed by atoms with Gasteiger partial charge in [0.05, 0.1) is 11.1 Å². The van der Waals surface area contributed by atoms with Gasteiger partial charge in [0.1, 0.15) is 6.54 Å². The second-order valence-corrected chi connectivity index (χ2v) is 11.7. The lowest BCUT2D eigenvalue weighted by Crippen LogP contribution is -2.40. The molecule has 14 nitrogen and oxygen atoms in total. The lowest BCUT2D eigenvalue weighted by molar-refractivity contribution is -0.727. The second kappa shape index (κ2) is 23.5. The number of carboxylic acid groups (broad SMARTS) is 1. The molecule has 0 aliphatic carbocycles. The van der Waals surface area contributed by atoms with Gasteiger partial charge in [0.2, 0.25) is 0 Å². The predicted octanol–water partition coefficient (Wildman–Crippen LogP) is 3.56. The molecule has 0 bridgehead atoms. The Hall–Kier alpha value is -6.02. The minimum atomic E-state index is -1.12. The molecule has 4 rings (SSSR count). The monoisotopic (exact) mass is 750 g/mol. The lowest BCUT2D eigenvalue weighted by Gasteiger charge is -2.13. The van der Waals surface area contributed by atoms with Crippen molar-refractivity contribution in [2.45, 2.75) is 59.2 Å². The standard InChI is InChI=1S/C19H21N3O5.C19H23N3O3.ClH/c1-14(11-15-5-3-2-4-6-15)21-19(26)27-13-22-9-7-16(8-10-22)18(25)20-12-17(23)24;1-3-20-18(23)17-9-11-22(12-10-17)14-25-19(24)21-15(2)13-16-7-5-4-6-8-16;/h2-10,14H,11-13H2,1H3,(H2-,20,21,23,24,25,26);4-12,15H,3,13-14H2,1-2H3,(H-,20,21,23,24);1H/p+2/t14-;15-;/m00./s1. The molecule has 282 valence electrons. The summed E-state index contributed by atoms with van der Waals surface area (Å²) >= 11 is 0. The first-order valence-electron chi connectivity index (χ1n) is 16.7. The number of benzene rings is 2. The summed E-state index contributed by atoms with van der Waals surface area (Å²) in [6.45, 7) is 5.90. The maximum atomic E-state index is 11.9. The van der Waals surface area contributed by atoms with Gasteiger partial charge in [-0.3, -0.25) is 14.4 Å². The van der Waals surface area contributed by atoms with E-state index in [0.29, 0.717) is 24.1 Å². The molecular weight excluding hydrogens is 704 g/mol. The van der Waals surface area contributed by atoms with Crippen molar-refractivity contribution in [3.8, 4) is 0 Å². The molecule has 53 heavy (non-hydrogen) atoms. The van der Waals surface area contributed by atoms with Gasteiger partial charge in [0, 0.05) is 42.9 Å². The Kier molecular flexibility index (Phi) is 19.1. The molecule has 0 unspecified atom stereocenters. The largest absolute Gasteiger partial charge is 0.480 e. The van der Waals surface area contributed by atoms with E-state index in [0.717, 1.165) is 17.5 Å².